The van der Waals surface area contributed by atoms with Gasteiger partial charge in [-0.25, -0.2) is 9.67 Å². The molecule has 8 heteroatoms. The number of anilines is 1. The number of nitrogen functional groups attached to an aromatic ring is 1. The first-order valence-corrected chi connectivity index (χ1v) is 5.94. The highest BCUT2D eigenvalue weighted by Gasteiger charge is 2.13. The Hall–Kier alpha value is -2.15. The van der Waals surface area contributed by atoms with Crippen molar-refractivity contribution in [2.45, 2.75) is 20.3 Å². The van der Waals surface area contributed by atoms with Crippen LogP contribution in [-0.2, 0) is 4.79 Å². The molecule has 0 atom stereocenters. The number of ether oxygens (including phenoxy) is 1. The first kappa shape index (κ1) is 13.3. The van der Waals surface area contributed by atoms with Gasteiger partial charge < -0.3 is 10.5 Å². The molecule has 0 saturated carbocycles. The van der Waals surface area contributed by atoms with Crippen LogP contribution in [0.2, 0.25) is 5.15 Å². The van der Waals surface area contributed by atoms with Gasteiger partial charge in [0.25, 0.3) is 0 Å². The van der Waals surface area contributed by atoms with Crippen molar-refractivity contribution in [1.29, 1.82) is 0 Å². The highest BCUT2D eigenvalue weighted by Crippen LogP contribution is 2.21. The fourth-order valence-corrected chi connectivity index (χ4v) is 1.64. The van der Waals surface area contributed by atoms with E-state index in [4.69, 9.17) is 22.1 Å². The molecule has 0 bridgehead atoms. The summed E-state index contributed by atoms with van der Waals surface area (Å²) in [6.07, 6.45) is 1.73. The molecule has 19 heavy (non-hydrogen) atoms. The lowest BCUT2D eigenvalue weighted by Crippen LogP contribution is -2.08. The molecule has 0 amide bonds. The van der Waals surface area contributed by atoms with Crippen LogP contribution in [0.3, 0.4) is 0 Å². The third kappa shape index (κ3) is 2.82. The first-order valence-electron chi connectivity index (χ1n) is 5.57. The lowest BCUT2D eigenvalue weighted by molar-refractivity contribution is -0.134. The van der Waals surface area contributed by atoms with Crippen molar-refractivity contribution < 1.29 is 9.53 Å². The Kier molecular flexibility index (Phi) is 3.66. The highest BCUT2D eigenvalue weighted by atomic mass is 35.5. The summed E-state index contributed by atoms with van der Waals surface area (Å²) in [7, 11) is 0. The third-order valence-electron chi connectivity index (χ3n) is 2.39. The molecule has 2 aromatic heterocycles. The van der Waals surface area contributed by atoms with Gasteiger partial charge in [-0.3, -0.25) is 4.79 Å². The molecule has 2 N–H and O–H groups in total. The van der Waals surface area contributed by atoms with Crippen LogP contribution in [0, 0.1) is 6.92 Å². The van der Waals surface area contributed by atoms with E-state index in [0.717, 1.165) is 0 Å². The largest absolute Gasteiger partial charge is 0.423 e. The molecule has 2 aromatic rings. The normalized spacial score (nSPS) is 10.5. The summed E-state index contributed by atoms with van der Waals surface area (Å²) in [5.41, 5.74) is 6.14. The van der Waals surface area contributed by atoms with Crippen LogP contribution in [-0.4, -0.2) is 25.7 Å². The van der Waals surface area contributed by atoms with Crippen molar-refractivity contribution in [1.82, 2.24) is 19.7 Å². The van der Waals surface area contributed by atoms with Crippen molar-refractivity contribution in [3.05, 3.63) is 23.1 Å². The zero-order chi connectivity index (χ0) is 14.0. The lowest BCUT2D eigenvalue weighted by atomic mass is 10.4. The van der Waals surface area contributed by atoms with E-state index in [1.165, 1.54) is 16.9 Å². The SMILES string of the molecule is CCC(=O)Oc1cnn(-c2cc(Cl)nc(N)n2)c1C. The number of nitrogens with two attached hydrogens (primary N) is 1. The zero-order valence-electron chi connectivity index (χ0n) is 10.4. The lowest BCUT2D eigenvalue weighted by Gasteiger charge is -2.05. The van der Waals surface area contributed by atoms with E-state index in [2.05, 4.69) is 15.1 Å². The van der Waals surface area contributed by atoms with Crippen LogP contribution < -0.4 is 10.5 Å². The number of esters is 1. The zero-order valence-corrected chi connectivity index (χ0v) is 11.2. The van der Waals surface area contributed by atoms with Crippen molar-refractivity contribution in [2.24, 2.45) is 0 Å². The van der Waals surface area contributed by atoms with E-state index in [-0.39, 0.29) is 23.5 Å². The highest BCUT2D eigenvalue weighted by molar-refractivity contribution is 6.29. The van der Waals surface area contributed by atoms with Crippen molar-refractivity contribution in [2.75, 3.05) is 5.73 Å². The molecular weight excluding hydrogens is 270 g/mol. The van der Waals surface area contributed by atoms with E-state index in [0.29, 0.717) is 17.3 Å². The standard InChI is InChI=1S/C11H12ClN5O2/c1-3-10(18)19-7-5-14-17(6(7)2)9-4-8(12)15-11(13)16-9/h4-5H,3H2,1-2H3,(H2,13,15,16). The van der Waals surface area contributed by atoms with Gasteiger partial charge in [0.2, 0.25) is 5.95 Å². The molecule has 0 saturated heterocycles. The van der Waals surface area contributed by atoms with Crippen LogP contribution >= 0.6 is 11.6 Å². The second-order valence-corrected chi connectivity index (χ2v) is 4.13. The molecule has 0 aliphatic heterocycles. The maximum Gasteiger partial charge on any atom is 0.311 e. The van der Waals surface area contributed by atoms with Gasteiger partial charge in [-0.15, -0.1) is 0 Å². The smallest absolute Gasteiger partial charge is 0.311 e. The fourth-order valence-electron chi connectivity index (χ4n) is 1.45. The maximum absolute atomic E-state index is 11.3. The van der Waals surface area contributed by atoms with Gasteiger partial charge >= 0.3 is 5.97 Å². The summed E-state index contributed by atoms with van der Waals surface area (Å²) in [5, 5.41) is 4.30. The fraction of sp³-hybridized carbons (Fsp3) is 0.273. The molecule has 100 valence electrons. The van der Waals surface area contributed by atoms with Crippen LogP contribution in [0.15, 0.2) is 12.3 Å². The number of rotatable bonds is 3. The summed E-state index contributed by atoms with van der Waals surface area (Å²) in [6.45, 7) is 3.46. The van der Waals surface area contributed by atoms with Crippen LogP contribution in [0.25, 0.3) is 5.82 Å². The Morgan fingerprint density at radius 2 is 2.26 bits per heavy atom. The summed E-state index contributed by atoms with van der Waals surface area (Å²) in [6, 6.07) is 1.52. The van der Waals surface area contributed by atoms with Gasteiger partial charge in [0, 0.05) is 12.5 Å². The van der Waals surface area contributed by atoms with E-state index in [1.54, 1.807) is 13.8 Å². The molecule has 0 aliphatic rings. The van der Waals surface area contributed by atoms with Crippen LogP contribution in [0.5, 0.6) is 5.75 Å². The number of nitrogens with zero attached hydrogens (tertiary/aromatic N) is 4. The average molecular weight is 282 g/mol. The third-order valence-corrected chi connectivity index (χ3v) is 2.59. The molecule has 0 aromatic carbocycles. The number of carbonyl (C=O) groups is 1. The Morgan fingerprint density at radius 3 is 2.89 bits per heavy atom. The first-order chi connectivity index (χ1) is 9.01. The van der Waals surface area contributed by atoms with Gasteiger partial charge in [0.15, 0.2) is 11.6 Å². The molecule has 2 rings (SSSR count). The Balaban J connectivity index is 2.38. The van der Waals surface area contributed by atoms with E-state index in [9.17, 15) is 4.79 Å². The number of aromatic nitrogens is 4. The van der Waals surface area contributed by atoms with Gasteiger partial charge in [0.05, 0.1) is 11.9 Å². The minimum atomic E-state index is -0.331. The van der Waals surface area contributed by atoms with E-state index < -0.39 is 0 Å². The summed E-state index contributed by atoms with van der Waals surface area (Å²) in [4.78, 5) is 19.0. The summed E-state index contributed by atoms with van der Waals surface area (Å²) < 4.78 is 6.60. The number of carbonyl (C=O) groups excluding carboxylic acids is 1. The molecule has 7 nitrogen and oxygen atoms in total. The molecule has 0 radical (unpaired) electrons. The predicted molar refractivity (Wildman–Crippen MR) is 69.2 cm³/mol. The summed E-state index contributed by atoms with van der Waals surface area (Å²) in [5.74, 6) is 0.501. The Bertz CT molecular complexity index is 605. The minimum absolute atomic E-state index is 0.0458. The minimum Gasteiger partial charge on any atom is -0.423 e. The number of halogens is 1. The average Bonchev–Trinajstić information content (AvgIpc) is 2.69. The molecule has 0 aliphatic carbocycles. The Morgan fingerprint density at radius 1 is 1.53 bits per heavy atom. The monoisotopic (exact) mass is 281 g/mol. The van der Waals surface area contributed by atoms with Gasteiger partial charge in [-0.05, 0) is 6.92 Å². The van der Waals surface area contributed by atoms with E-state index in [1.807, 2.05) is 0 Å². The quantitative estimate of drug-likeness (QED) is 0.677. The number of hydrogen-bond acceptors (Lipinski definition) is 6. The Labute approximate surface area is 114 Å². The molecular formula is C11H12ClN5O2. The number of hydrogen-bond donors (Lipinski definition) is 1. The topological polar surface area (TPSA) is 95.9 Å². The predicted octanol–water partition coefficient (Wildman–Crippen LogP) is 1.52. The van der Waals surface area contributed by atoms with E-state index >= 15 is 0 Å². The second kappa shape index (κ2) is 5.23. The molecule has 0 fully saturated rings. The van der Waals surface area contributed by atoms with Crippen LogP contribution in [0.4, 0.5) is 5.95 Å². The molecule has 0 unspecified atom stereocenters. The maximum atomic E-state index is 11.3. The van der Waals surface area contributed by atoms with Gasteiger partial charge in [-0.2, -0.15) is 10.1 Å². The van der Waals surface area contributed by atoms with Crippen molar-refractivity contribution >= 4 is 23.5 Å². The molecule has 2 heterocycles. The molecule has 0 spiro atoms. The van der Waals surface area contributed by atoms with Crippen molar-refractivity contribution in [3.63, 3.8) is 0 Å². The van der Waals surface area contributed by atoms with Gasteiger partial charge in [-0.1, -0.05) is 18.5 Å². The van der Waals surface area contributed by atoms with Crippen LogP contribution in [0.1, 0.15) is 19.0 Å². The second-order valence-electron chi connectivity index (χ2n) is 3.74. The van der Waals surface area contributed by atoms with Crippen molar-refractivity contribution in [3.8, 4) is 11.6 Å². The van der Waals surface area contributed by atoms with Gasteiger partial charge in [0.1, 0.15) is 5.15 Å². The summed E-state index contributed by atoms with van der Waals surface area (Å²) >= 11 is 5.81.